The Kier molecular flexibility index (Phi) is 4.47. The molecular formula is C14H19F2N3. The molecule has 0 saturated heterocycles. The Hall–Kier alpha value is -1.49. The van der Waals surface area contributed by atoms with Crippen LogP contribution in [0.4, 0.5) is 8.78 Å². The third kappa shape index (κ3) is 3.73. The molecule has 0 amide bonds. The van der Waals surface area contributed by atoms with Crippen molar-refractivity contribution >= 4 is 11.0 Å². The summed E-state index contributed by atoms with van der Waals surface area (Å²) in [5.41, 5.74) is 1.01. The van der Waals surface area contributed by atoms with Crippen molar-refractivity contribution in [3.8, 4) is 0 Å². The molecule has 19 heavy (non-hydrogen) atoms. The van der Waals surface area contributed by atoms with Gasteiger partial charge in [0.1, 0.15) is 5.82 Å². The van der Waals surface area contributed by atoms with Crippen molar-refractivity contribution in [2.75, 3.05) is 13.1 Å². The second kappa shape index (κ2) is 6.10. The third-order valence-electron chi connectivity index (χ3n) is 3.01. The molecule has 0 bridgehead atoms. The number of hydrogen-bond donors (Lipinski definition) is 2. The molecule has 0 fully saturated rings. The van der Waals surface area contributed by atoms with Gasteiger partial charge in [0.2, 0.25) is 0 Å². The zero-order valence-electron chi connectivity index (χ0n) is 11.3. The average molecular weight is 267 g/mol. The van der Waals surface area contributed by atoms with Crippen molar-refractivity contribution in [1.82, 2.24) is 15.3 Å². The van der Waals surface area contributed by atoms with Crippen LogP contribution in [0, 0.1) is 17.6 Å². The number of rotatable bonds is 6. The maximum Gasteiger partial charge on any atom is 0.161 e. The van der Waals surface area contributed by atoms with Crippen molar-refractivity contribution < 1.29 is 8.78 Å². The minimum Gasteiger partial charge on any atom is -0.342 e. The van der Waals surface area contributed by atoms with Crippen molar-refractivity contribution in [1.29, 1.82) is 0 Å². The number of halogens is 2. The zero-order chi connectivity index (χ0) is 13.8. The summed E-state index contributed by atoms with van der Waals surface area (Å²) in [5, 5.41) is 3.32. The van der Waals surface area contributed by atoms with Crippen LogP contribution in [0.2, 0.25) is 0 Å². The first kappa shape index (κ1) is 13.9. The molecule has 0 atom stereocenters. The lowest BCUT2D eigenvalue weighted by Gasteiger charge is -2.05. The summed E-state index contributed by atoms with van der Waals surface area (Å²) >= 11 is 0. The molecule has 0 aliphatic rings. The first-order chi connectivity index (χ1) is 9.06. The Bertz CT molecular complexity index is 510. The molecule has 2 aromatic rings. The highest BCUT2D eigenvalue weighted by atomic mass is 19.2. The average Bonchev–Trinajstić information content (AvgIpc) is 2.71. The topological polar surface area (TPSA) is 40.7 Å². The highest BCUT2D eigenvalue weighted by Crippen LogP contribution is 2.16. The fourth-order valence-electron chi connectivity index (χ4n) is 1.90. The molecule has 2 rings (SSSR count). The number of aromatic nitrogens is 2. The summed E-state index contributed by atoms with van der Waals surface area (Å²) in [4.78, 5) is 7.25. The Morgan fingerprint density at radius 3 is 2.68 bits per heavy atom. The van der Waals surface area contributed by atoms with E-state index in [0.717, 1.165) is 43.9 Å². The predicted molar refractivity (Wildman–Crippen MR) is 72.0 cm³/mol. The van der Waals surface area contributed by atoms with Gasteiger partial charge in [-0.2, -0.15) is 0 Å². The predicted octanol–water partition coefficient (Wildman–Crippen LogP) is 3.02. The monoisotopic (exact) mass is 267 g/mol. The minimum absolute atomic E-state index is 0.469. The number of fused-ring (bicyclic) bond motifs is 1. The van der Waals surface area contributed by atoms with Gasteiger partial charge in [0, 0.05) is 25.1 Å². The smallest absolute Gasteiger partial charge is 0.161 e. The fourth-order valence-corrected chi connectivity index (χ4v) is 1.90. The molecule has 0 spiro atoms. The van der Waals surface area contributed by atoms with Crippen LogP contribution in [0.5, 0.6) is 0 Å². The number of aromatic amines is 1. The van der Waals surface area contributed by atoms with Gasteiger partial charge >= 0.3 is 0 Å². The molecule has 0 saturated carbocycles. The molecule has 5 heteroatoms. The quantitative estimate of drug-likeness (QED) is 0.790. The summed E-state index contributed by atoms with van der Waals surface area (Å²) in [6, 6.07) is 2.27. The number of nitrogens with zero attached hydrogens (tertiary/aromatic N) is 1. The van der Waals surface area contributed by atoms with Gasteiger partial charge in [0.25, 0.3) is 0 Å². The fraction of sp³-hybridized carbons (Fsp3) is 0.500. The second-order valence-electron chi connectivity index (χ2n) is 5.15. The van der Waals surface area contributed by atoms with Crippen molar-refractivity contribution in [2.45, 2.75) is 26.7 Å². The van der Waals surface area contributed by atoms with E-state index in [1.54, 1.807) is 0 Å². The summed E-state index contributed by atoms with van der Waals surface area (Å²) < 4.78 is 26.1. The molecule has 104 valence electrons. The van der Waals surface area contributed by atoms with Crippen LogP contribution in [-0.2, 0) is 6.42 Å². The van der Waals surface area contributed by atoms with Gasteiger partial charge in [-0.3, -0.25) is 0 Å². The van der Waals surface area contributed by atoms with E-state index in [4.69, 9.17) is 0 Å². The van der Waals surface area contributed by atoms with E-state index in [1.165, 1.54) is 0 Å². The zero-order valence-corrected chi connectivity index (χ0v) is 11.3. The molecule has 0 unspecified atom stereocenters. The van der Waals surface area contributed by atoms with Crippen LogP contribution in [0.25, 0.3) is 11.0 Å². The molecule has 0 aliphatic heterocycles. The second-order valence-corrected chi connectivity index (χ2v) is 5.15. The molecule has 2 N–H and O–H groups in total. The highest BCUT2D eigenvalue weighted by molar-refractivity contribution is 5.75. The highest BCUT2D eigenvalue weighted by Gasteiger charge is 2.08. The van der Waals surface area contributed by atoms with E-state index >= 15 is 0 Å². The van der Waals surface area contributed by atoms with Crippen LogP contribution in [0.1, 0.15) is 26.1 Å². The van der Waals surface area contributed by atoms with Gasteiger partial charge < -0.3 is 10.3 Å². The molecule has 0 radical (unpaired) electrons. The minimum atomic E-state index is -0.861. The van der Waals surface area contributed by atoms with Gasteiger partial charge in [-0.25, -0.2) is 13.8 Å². The Morgan fingerprint density at radius 2 is 1.95 bits per heavy atom. The van der Waals surface area contributed by atoms with Gasteiger partial charge in [0.15, 0.2) is 11.6 Å². The first-order valence-electron chi connectivity index (χ1n) is 6.60. The maximum atomic E-state index is 13.1. The van der Waals surface area contributed by atoms with Crippen LogP contribution >= 0.6 is 0 Å². The van der Waals surface area contributed by atoms with Crippen LogP contribution in [0.15, 0.2) is 12.1 Å². The van der Waals surface area contributed by atoms with Gasteiger partial charge in [0.05, 0.1) is 11.0 Å². The number of imidazole rings is 1. The van der Waals surface area contributed by atoms with E-state index < -0.39 is 11.6 Å². The van der Waals surface area contributed by atoms with Gasteiger partial charge in [-0.05, 0) is 18.9 Å². The summed E-state index contributed by atoms with van der Waals surface area (Å²) in [6.07, 6.45) is 1.85. The van der Waals surface area contributed by atoms with Crippen LogP contribution in [-0.4, -0.2) is 23.1 Å². The van der Waals surface area contributed by atoms with Gasteiger partial charge in [-0.1, -0.05) is 13.8 Å². The molecule has 1 aromatic heterocycles. The van der Waals surface area contributed by atoms with E-state index in [1.807, 2.05) is 0 Å². The van der Waals surface area contributed by atoms with E-state index in [9.17, 15) is 8.78 Å². The standard InChI is InChI=1S/C14H19F2N3/c1-9(2)3-5-17-6-4-14-18-12-7-10(15)11(16)8-13(12)19-14/h7-9,17H,3-6H2,1-2H3,(H,18,19). The largest absolute Gasteiger partial charge is 0.342 e. The van der Waals surface area contributed by atoms with Crippen molar-refractivity contribution in [3.05, 3.63) is 29.6 Å². The maximum absolute atomic E-state index is 13.1. The molecule has 1 heterocycles. The van der Waals surface area contributed by atoms with Gasteiger partial charge in [-0.15, -0.1) is 0 Å². The van der Waals surface area contributed by atoms with Crippen LogP contribution in [0.3, 0.4) is 0 Å². The number of benzene rings is 1. The summed E-state index contributed by atoms with van der Waals surface area (Å²) in [5.74, 6) is -0.278. The van der Waals surface area contributed by atoms with Crippen LogP contribution < -0.4 is 5.32 Å². The normalized spacial score (nSPS) is 11.6. The summed E-state index contributed by atoms with van der Waals surface area (Å²) in [6.45, 7) is 6.15. The van der Waals surface area contributed by atoms with Crippen molar-refractivity contribution in [3.63, 3.8) is 0 Å². The molecular weight excluding hydrogens is 248 g/mol. The van der Waals surface area contributed by atoms with E-state index in [0.29, 0.717) is 17.0 Å². The number of nitrogens with one attached hydrogen (secondary N) is 2. The Morgan fingerprint density at radius 1 is 1.21 bits per heavy atom. The lowest BCUT2D eigenvalue weighted by Crippen LogP contribution is -2.20. The Labute approximate surface area is 111 Å². The lowest BCUT2D eigenvalue weighted by atomic mass is 10.1. The summed E-state index contributed by atoms with van der Waals surface area (Å²) in [7, 11) is 0. The molecule has 0 aliphatic carbocycles. The van der Waals surface area contributed by atoms with Crippen molar-refractivity contribution in [2.24, 2.45) is 5.92 Å². The lowest BCUT2D eigenvalue weighted by molar-refractivity contribution is 0.510. The van der Waals surface area contributed by atoms with E-state index in [-0.39, 0.29) is 0 Å². The SMILES string of the molecule is CC(C)CCNCCc1nc2cc(F)c(F)cc2[nH]1. The number of hydrogen-bond acceptors (Lipinski definition) is 2. The first-order valence-corrected chi connectivity index (χ1v) is 6.60. The number of H-pyrrole nitrogens is 1. The molecule has 3 nitrogen and oxygen atoms in total. The third-order valence-corrected chi connectivity index (χ3v) is 3.01. The molecule has 1 aromatic carbocycles. The Balaban J connectivity index is 1.91. The van der Waals surface area contributed by atoms with E-state index in [2.05, 4.69) is 29.1 Å².